The molecule has 0 radical (unpaired) electrons. The van der Waals surface area contributed by atoms with Gasteiger partial charge in [0, 0.05) is 29.6 Å². The molecule has 1 aliphatic heterocycles. The van der Waals surface area contributed by atoms with Crippen LogP contribution in [0.3, 0.4) is 0 Å². The third kappa shape index (κ3) is 2.70. The number of nitrogens with zero attached hydrogens (tertiary/aromatic N) is 3. The quantitative estimate of drug-likeness (QED) is 0.605. The second kappa shape index (κ2) is 6.01. The monoisotopic (exact) mass is 346 g/mol. The molecule has 0 saturated heterocycles. The molecule has 2 aromatic heterocycles. The molecule has 5 rings (SSSR count). The number of fused-ring (bicyclic) bond motifs is 3. The first kappa shape index (κ1) is 14.7. The summed E-state index contributed by atoms with van der Waals surface area (Å²) < 4.78 is 0. The van der Waals surface area contributed by atoms with Gasteiger partial charge < -0.3 is 9.88 Å². The van der Waals surface area contributed by atoms with E-state index in [1.165, 1.54) is 27.7 Å². The maximum atomic E-state index is 4.44. The molecule has 0 fully saturated rings. The van der Waals surface area contributed by atoms with E-state index in [2.05, 4.69) is 68.6 Å². The molecule has 0 atom stereocenters. The minimum Gasteiger partial charge on any atom is -0.357 e. The Labute approximate surface area is 150 Å². The zero-order valence-electron chi connectivity index (χ0n) is 13.8. The Morgan fingerprint density at radius 3 is 2.76 bits per heavy atom. The maximum Gasteiger partial charge on any atom is 0.208 e. The highest BCUT2D eigenvalue weighted by atomic mass is 32.1. The summed E-state index contributed by atoms with van der Waals surface area (Å²) in [5, 5.41) is 12.3. The first-order valence-electron chi connectivity index (χ1n) is 8.56. The van der Waals surface area contributed by atoms with Crippen LogP contribution < -0.4 is 4.90 Å². The minimum absolute atomic E-state index is 0.851. The van der Waals surface area contributed by atoms with E-state index in [9.17, 15) is 0 Å². The second-order valence-electron chi connectivity index (χ2n) is 6.44. The van der Waals surface area contributed by atoms with Gasteiger partial charge in [-0.3, -0.25) is 0 Å². The topological polar surface area (TPSA) is 44.8 Å². The predicted molar refractivity (Wildman–Crippen MR) is 102 cm³/mol. The largest absolute Gasteiger partial charge is 0.357 e. The number of rotatable bonds is 3. The summed E-state index contributed by atoms with van der Waals surface area (Å²) in [5.74, 6) is 0. The molecule has 124 valence electrons. The van der Waals surface area contributed by atoms with Crippen LogP contribution in [0.2, 0.25) is 0 Å². The molecule has 3 heterocycles. The normalized spacial score (nSPS) is 14.0. The van der Waals surface area contributed by atoms with E-state index in [0.29, 0.717) is 0 Å². The molecule has 5 heteroatoms. The fourth-order valence-corrected chi connectivity index (χ4v) is 4.47. The number of nitrogens with one attached hydrogen (secondary N) is 1. The van der Waals surface area contributed by atoms with Gasteiger partial charge >= 0.3 is 0 Å². The van der Waals surface area contributed by atoms with Crippen molar-refractivity contribution in [1.29, 1.82) is 0 Å². The average Bonchev–Trinajstić information content (AvgIpc) is 3.26. The van der Waals surface area contributed by atoms with Gasteiger partial charge in [-0.15, -0.1) is 10.2 Å². The van der Waals surface area contributed by atoms with Gasteiger partial charge in [-0.1, -0.05) is 59.9 Å². The molecule has 1 aliphatic rings. The molecule has 0 unspecified atom stereocenters. The molecule has 0 saturated carbocycles. The molecule has 1 N–H and O–H groups in total. The molecular weight excluding hydrogens is 328 g/mol. The lowest BCUT2D eigenvalue weighted by Crippen LogP contribution is -2.30. The van der Waals surface area contributed by atoms with E-state index >= 15 is 0 Å². The standard InChI is InChI=1S/C20H18N4S/c1-2-6-14(7-3-1)12-19-22-23-20(25-19)24-11-10-16-15-8-4-5-9-17(15)21-18(16)13-24/h1-9,21H,10-13H2. The van der Waals surface area contributed by atoms with Crippen molar-refractivity contribution in [2.24, 2.45) is 0 Å². The highest BCUT2D eigenvalue weighted by molar-refractivity contribution is 7.15. The third-order valence-corrected chi connectivity index (χ3v) is 5.79. The van der Waals surface area contributed by atoms with E-state index in [1.807, 2.05) is 6.07 Å². The SMILES string of the molecule is c1ccc(Cc2nnc(N3CCc4c([nH]c5ccccc45)C3)s2)cc1. The van der Waals surface area contributed by atoms with E-state index in [1.54, 1.807) is 11.3 Å². The van der Waals surface area contributed by atoms with E-state index in [4.69, 9.17) is 0 Å². The highest BCUT2D eigenvalue weighted by Gasteiger charge is 2.22. The zero-order valence-corrected chi connectivity index (χ0v) is 14.6. The number of hydrogen-bond donors (Lipinski definition) is 1. The van der Waals surface area contributed by atoms with Crippen molar-refractivity contribution < 1.29 is 0 Å². The van der Waals surface area contributed by atoms with Gasteiger partial charge in [-0.2, -0.15) is 0 Å². The van der Waals surface area contributed by atoms with Crippen molar-refractivity contribution in [3.05, 3.63) is 76.4 Å². The molecule has 0 amide bonds. The van der Waals surface area contributed by atoms with Gasteiger partial charge in [0.1, 0.15) is 5.01 Å². The summed E-state index contributed by atoms with van der Waals surface area (Å²) in [6.45, 7) is 1.87. The fourth-order valence-electron chi connectivity index (χ4n) is 3.57. The first-order chi connectivity index (χ1) is 12.4. The Kier molecular flexibility index (Phi) is 3.52. The summed E-state index contributed by atoms with van der Waals surface area (Å²) in [4.78, 5) is 5.91. The van der Waals surface area contributed by atoms with E-state index < -0.39 is 0 Å². The van der Waals surface area contributed by atoms with Crippen molar-refractivity contribution in [2.45, 2.75) is 19.4 Å². The fraction of sp³-hybridized carbons (Fsp3) is 0.200. The maximum absolute atomic E-state index is 4.44. The lowest BCUT2D eigenvalue weighted by Gasteiger charge is -2.26. The van der Waals surface area contributed by atoms with Gasteiger partial charge in [0.25, 0.3) is 0 Å². The van der Waals surface area contributed by atoms with Crippen molar-refractivity contribution in [1.82, 2.24) is 15.2 Å². The van der Waals surface area contributed by atoms with Gasteiger partial charge in [0.15, 0.2) is 0 Å². The third-order valence-electron chi connectivity index (χ3n) is 4.81. The Morgan fingerprint density at radius 1 is 1.00 bits per heavy atom. The van der Waals surface area contributed by atoms with Crippen LogP contribution in [-0.4, -0.2) is 21.7 Å². The number of aromatic amines is 1. The number of anilines is 1. The average molecular weight is 346 g/mol. The van der Waals surface area contributed by atoms with Crippen molar-refractivity contribution in [3.8, 4) is 0 Å². The molecular formula is C20H18N4S. The lowest BCUT2D eigenvalue weighted by molar-refractivity contribution is 0.716. The number of para-hydroxylation sites is 1. The van der Waals surface area contributed by atoms with Crippen molar-refractivity contribution in [2.75, 3.05) is 11.4 Å². The lowest BCUT2D eigenvalue weighted by atomic mass is 10.0. The number of aromatic nitrogens is 3. The predicted octanol–water partition coefficient (Wildman–Crippen LogP) is 4.17. The Balaban J connectivity index is 1.38. The van der Waals surface area contributed by atoms with Crippen LogP contribution >= 0.6 is 11.3 Å². The number of benzene rings is 2. The summed E-state index contributed by atoms with van der Waals surface area (Å²) >= 11 is 1.71. The molecule has 0 aliphatic carbocycles. The van der Waals surface area contributed by atoms with Gasteiger partial charge in [-0.25, -0.2) is 0 Å². The van der Waals surface area contributed by atoms with E-state index in [0.717, 1.165) is 36.1 Å². The van der Waals surface area contributed by atoms with Gasteiger partial charge in [-0.05, 0) is 23.6 Å². The van der Waals surface area contributed by atoms with Crippen LogP contribution in [0, 0.1) is 0 Å². The summed E-state index contributed by atoms with van der Waals surface area (Å²) in [6.07, 6.45) is 1.90. The van der Waals surface area contributed by atoms with Crippen LogP contribution in [-0.2, 0) is 19.4 Å². The van der Waals surface area contributed by atoms with Crippen LogP contribution in [0.15, 0.2) is 54.6 Å². The molecule has 2 aromatic carbocycles. The van der Waals surface area contributed by atoms with Crippen LogP contribution in [0.4, 0.5) is 5.13 Å². The number of H-pyrrole nitrogens is 1. The second-order valence-corrected chi connectivity index (χ2v) is 7.48. The smallest absolute Gasteiger partial charge is 0.208 e. The summed E-state index contributed by atoms with van der Waals surface area (Å²) in [7, 11) is 0. The van der Waals surface area contributed by atoms with Crippen LogP contribution in [0.5, 0.6) is 0 Å². The molecule has 4 nitrogen and oxygen atoms in total. The van der Waals surface area contributed by atoms with Gasteiger partial charge in [0.2, 0.25) is 5.13 Å². The highest BCUT2D eigenvalue weighted by Crippen LogP contribution is 2.31. The first-order valence-corrected chi connectivity index (χ1v) is 9.38. The van der Waals surface area contributed by atoms with Crippen LogP contribution in [0.25, 0.3) is 10.9 Å². The summed E-state index contributed by atoms with van der Waals surface area (Å²) in [5.41, 5.74) is 5.28. The molecule has 0 bridgehead atoms. The summed E-state index contributed by atoms with van der Waals surface area (Å²) in [6, 6.07) is 19.0. The van der Waals surface area contributed by atoms with Gasteiger partial charge in [0.05, 0.1) is 6.54 Å². The molecule has 0 spiro atoms. The Morgan fingerprint density at radius 2 is 1.84 bits per heavy atom. The Bertz CT molecular complexity index is 1020. The molecule has 4 aromatic rings. The minimum atomic E-state index is 0.851. The zero-order chi connectivity index (χ0) is 16.6. The van der Waals surface area contributed by atoms with Crippen molar-refractivity contribution >= 4 is 27.4 Å². The molecule has 25 heavy (non-hydrogen) atoms. The van der Waals surface area contributed by atoms with Crippen molar-refractivity contribution in [3.63, 3.8) is 0 Å². The Hall–Kier alpha value is -2.66. The van der Waals surface area contributed by atoms with E-state index in [-0.39, 0.29) is 0 Å². The number of hydrogen-bond acceptors (Lipinski definition) is 4. The van der Waals surface area contributed by atoms with Crippen LogP contribution in [0.1, 0.15) is 21.8 Å².